The van der Waals surface area contributed by atoms with Gasteiger partial charge in [-0.3, -0.25) is 0 Å². The molecular formula is C15H18O2. The largest absolute Gasteiger partial charge is 0.454 e. The fourth-order valence-corrected chi connectivity index (χ4v) is 1.73. The molecule has 0 heterocycles. The van der Waals surface area contributed by atoms with Gasteiger partial charge in [0, 0.05) is 12.0 Å². The summed E-state index contributed by atoms with van der Waals surface area (Å²) in [5.41, 5.74) is 1.95. The molecule has 0 aliphatic heterocycles. The molecule has 0 spiro atoms. The Kier molecular flexibility index (Phi) is 4.70. The minimum atomic E-state index is -0.416. The highest BCUT2D eigenvalue weighted by Gasteiger charge is 2.22. The predicted molar refractivity (Wildman–Crippen MR) is 69.7 cm³/mol. The maximum Gasteiger partial charge on any atom is 0.330 e. The van der Waals surface area contributed by atoms with Gasteiger partial charge in [-0.15, -0.1) is 0 Å². The highest BCUT2D eigenvalue weighted by atomic mass is 16.5. The third-order valence-electron chi connectivity index (χ3n) is 2.67. The zero-order chi connectivity index (χ0) is 12.8. The second kappa shape index (κ2) is 6.04. The zero-order valence-corrected chi connectivity index (χ0v) is 10.3. The molecule has 0 saturated heterocycles. The SMILES string of the molecule is C=CC(=O)OC(C(=C)C)C(C)c1ccccc1. The van der Waals surface area contributed by atoms with Crippen LogP contribution in [0.2, 0.25) is 0 Å². The third kappa shape index (κ3) is 3.59. The first kappa shape index (κ1) is 13.2. The van der Waals surface area contributed by atoms with Crippen LogP contribution < -0.4 is 0 Å². The molecular weight excluding hydrogens is 212 g/mol. The van der Waals surface area contributed by atoms with Crippen molar-refractivity contribution >= 4 is 5.97 Å². The minimum absolute atomic E-state index is 0.0811. The van der Waals surface area contributed by atoms with Crippen molar-refractivity contribution in [1.82, 2.24) is 0 Å². The second-order valence-corrected chi connectivity index (χ2v) is 4.11. The third-order valence-corrected chi connectivity index (χ3v) is 2.67. The fourth-order valence-electron chi connectivity index (χ4n) is 1.73. The van der Waals surface area contributed by atoms with Gasteiger partial charge in [0.05, 0.1) is 0 Å². The quantitative estimate of drug-likeness (QED) is 0.440. The summed E-state index contributed by atoms with van der Waals surface area (Å²) in [5, 5.41) is 0. The number of esters is 1. The number of carbonyl (C=O) groups is 1. The summed E-state index contributed by atoms with van der Waals surface area (Å²) < 4.78 is 5.32. The van der Waals surface area contributed by atoms with Crippen LogP contribution in [0.4, 0.5) is 0 Å². The van der Waals surface area contributed by atoms with Crippen LogP contribution in [0.3, 0.4) is 0 Å². The van der Waals surface area contributed by atoms with E-state index >= 15 is 0 Å². The lowest BCUT2D eigenvalue weighted by Crippen LogP contribution is -2.24. The molecule has 0 aliphatic rings. The number of carbonyl (C=O) groups excluding carboxylic acids is 1. The Hall–Kier alpha value is -1.83. The van der Waals surface area contributed by atoms with Crippen molar-refractivity contribution in [2.45, 2.75) is 25.9 Å². The van der Waals surface area contributed by atoms with Gasteiger partial charge in [-0.2, -0.15) is 0 Å². The van der Waals surface area contributed by atoms with Gasteiger partial charge in [-0.1, -0.05) is 50.4 Å². The number of ether oxygens (including phenoxy) is 1. The van der Waals surface area contributed by atoms with E-state index in [1.54, 1.807) is 0 Å². The molecule has 0 fully saturated rings. The standard InChI is InChI=1S/C15H18O2/c1-5-14(16)17-15(11(2)3)12(4)13-9-7-6-8-10-13/h5-10,12,15H,1-2H2,3-4H3. The molecule has 1 aromatic rings. The molecule has 2 nitrogen and oxygen atoms in total. The van der Waals surface area contributed by atoms with Crippen LogP contribution in [0, 0.1) is 0 Å². The highest BCUT2D eigenvalue weighted by molar-refractivity contribution is 5.81. The molecule has 17 heavy (non-hydrogen) atoms. The van der Waals surface area contributed by atoms with Crippen LogP contribution in [-0.2, 0) is 9.53 Å². The van der Waals surface area contributed by atoms with E-state index in [1.807, 2.05) is 44.2 Å². The molecule has 2 unspecified atom stereocenters. The van der Waals surface area contributed by atoms with Gasteiger partial charge in [0.2, 0.25) is 0 Å². The van der Waals surface area contributed by atoms with E-state index in [1.165, 1.54) is 6.08 Å². The molecule has 2 heteroatoms. The summed E-state index contributed by atoms with van der Waals surface area (Å²) >= 11 is 0. The van der Waals surface area contributed by atoms with E-state index in [4.69, 9.17) is 4.74 Å². The Morgan fingerprint density at radius 3 is 2.41 bits per heavy atom. The molecule has 0 aliphatic carbocycles. The van der Waals surface area contributed by atoms with Crippen LogP contribution in [0.15, 0.2) is 55.1 Å². The van der Waals surface area contributed by atoms with Crippen molar-refractivity contribution in [2.75, 3.05) is 0 Å². The number of hydrogen-bond acceptors (Lipinski definition) is 2. The average Bonchev–Trinajstić information content (AvgIpc) is 2.35. The summed E-state index contributed by atoms with van der Waals surface area (Å²) in [7, 11) is 0. The number of benzene rings is 1. The number of hydrogen-bond donors (Lipinski definition) is 0. The molecule has 1 rings (SSSR count). The Morgan fingerprint density at radius 1 is 1.35 bits per heavy atom. The zero-order valence-electron chi connectivity index (χ0n) is 10.3. The van der Waals surface area contributed by atoms with Crippen molar-refractivity contribution in [3.05, 3.63) is 60.7 Å². The van der Waals surface area contributed by atoms with Crippen molar-refractivity contribution < 1.29 is 9.53 Å². The molecule has 0 aromatic heterocycles. The lowest BCUT2D eigenvalue weighted by Gasteiger charge is -2.24. The number of rotatable bonds is 5. The Morgan fingerprint density at radius 2 is 1.94 bits per heavy atom. The Balaban J connectivity index is 2.88. The summed E-state index contributed by atoms with van der Waals surface area (Å²) in [6, 6.07) is 9.93. The van der Waals surface area contributed by atoms with Gasteiger partial charge in [-0.25, -0.2) is 4.79 Å². The predicted octanol–water partition coefficient (Wildman–Crippen LogP) is 3.46. The molecule has 1 aromatic carbocycles. The van der Waals surface area contributed by atoms with Gasteiger partial charge in [-0.05, 0) is 18.1 Å². The Labute approximate surface area is 103 Å². The van der Waals surface area contributed by atoms with Crippen molar-refractivity contribution in [3.8, 4) is 0 Å². The molecule has 0 amide bonds. The summed E-state index contributed by atoms with van der Waals surface area (Å²) in [6.45, 7) is 11.2. The van der Waals surface area contributed by atoms with Crippen molar-refractivity contribution in [3.63, 3.8) is 0 Å². The molecule has 2 atom stereocenters. The van der Waals surface area contributed by atoms with Gasteiger partial charge in [0.15, 0.2) is 0 Å². The van der Waals surface area contributed by atoms with Crippen molar-refractivity contribution in [2.24, 2.45) is 0 Å². The van der Waals surface area contributed by atoms with Crippen LogP contribution in [0.25, 0.3) is 0 Å². The normalized spacial score (nSPS) is 13.5. The van der Waals surface area contributed by atoms with Crippen LogP contribution in [0.1, 0.15) is 25.3 Å². The van der Waals surface area contributed by atoms with E-state index in [9.17, 15) is 4.79 Å². The topological polar surface area (TPSA) is 26.3 Å². The fraction of sp³-hybridized carbons (Fsp3) is 0.267. The van der Waals surface area contributed by atoms with Gasteiger partial charge < -0.3 is 4.74 Å². The van der Waals surface area contributed by atoms with Gasteiger partial charge >= 0.3 is 5.97 Å². The van der Waals surface area contributed by atoms with Crippen LogP contribution >= 0.6 is 0 Å². The second-order valence-electron chi connectivity index (χ2n) is 4.11. The maximum atomic E-state index is 11.3. The van der Waals surface area contributed by atoms with E-state index in [-0.39, 0.29) is 12.0 Å². The first-order chi connectivity index (χ1) is 8.06. The molecule has 0 radical (unpaired) electrons. The lowest BCUT2D eigenvalue weighted by molar-refractivity contribution is -0.142. The minimum Gasteiger partial charge on any atom is -0.454 e. The van der Waals surface area contributed by atoms with E-state index < -0.39 is 5.97 Å². The van der Waals surface area contributed by atoms with Crippen LogP contribution in [0.5, 0.6) is 0 Å². The highest BCUT2D eigenvalue weighted by Crippen LogP contribution is 2.25. The molecule has 0 saturated carbocycles. The average molecular weight is 230 g/mol. The molecule has 0 N–H and O–H groups in total. The summed E-state index contributed by atoms with van der Waals surface area (Å²) in [4.78, 5) is 11.3. The van der Waals surface area contributed by atoms with E-state index in [0.717, 1.165) is 11.1 Å². The van der Waals surface area contributed by atoms with Gasteiger partial charge in [0.1, 0.15) is 6.10 Å². The summed E-state index contributed by atoms with van der Waals surface area (Å²) in [6.07, 6.45) is 0.857. The van der Waals surface area contributed by atoms with Crippen molar-refractivity contribution in [1.29, 1.82) is 0 Å². The first-order valence-electron chi connectivity index (χ1n) is 5.59. The van der Waals surface area contributed by atoms with E-state index in [0.29, 0.717) is 0 Å². The maximum absolute atomic E-state index is 11.3. The van der Waals surface area contributed by atoms with Gasteiger partial charge in [0.25, 0.3) is 0 Å². The molecule has 0 bridgehead atoms. The first-order valence-corrected chi connectivity index (χ1v) is 5.59. The monoisotopic (exact) mass is 230 g/mol. The molecule has 90 valence electrons. The smallest absolute Gasteiger partial charge is 0.330 e. The lowest BCUT2D eigenvalue weighted by atomic mass is 9.92. The van der Waals surface area contributed by atoms with E-state index in [2.05, 4.69) is 13.2 Å². The Bertz CT molecular complexity index is 406. The van der Waals surface area contributed by atoms with Crippen LogP contribution in [-0.4, -0.2) is 12.1 Å². The summed E-state index contributed by atoms with van der Waals surface area (Å²) in [5.74, 6) is -0.335.